The lowest BCUT2D eigenvalue weighted by molar-refractivity contribution is 0.647. The van der Waals surface area contributed by atoms with Gasteiger partial charge in [-0.05, 0) is 54.4 Å². The van der Waals surface area contributed by atoms with E-state index < -0.39 is 0 Å². The molecule has 0 saturated carbocycles. The van der Waals surface area contributed by atoms with Crippen molar-refractivity contribution < 1.29 is 0 Å². The Morgan fingerprint density at radius 1 is 1.05 bits per heavy atom. The zero-order valence-corrected chi connectivity index (χ0v) is 13.6. The number of nitrogens with one attached hydrogen (secondary N) is 2. The molecule has 22 heavy (non-hydrogen) atoms. The van der Waals surface area contributed by atoms with Crippen LogP contribution < -0.4 is 10.9 Å². The SMILES string of the molecule is CC(C)Cc1ccc(NNC(=S)/N=N/c2ccccc2)cc1. The van der Waals surface area contributed by atoms with E-state index in [1.54, 1.807) is 0 Å². The molecular formula is C17H20N4S. The van der Waals surface area contributed by atoms with Crippen LogP contribution in [0.2, 0.25) is 0 Å². The lowest BCUT2D eigenvalue weighted by Gasteiger charge is -2.09. The van der Waals surface area contributed by atoms with Gasteiger partial charge in [-0.1, -0.05) is 44.2 Å². The molecule has 2 aromatic rings. The predicted molar refractivity (Wildman–Crippen MR) is 95.3 cm³/mol. The van der Waals surface area contributed by atoms with Crippen LogP contribution in [-0.2, 0) is 6.42 Å². The van der Waals surface area contributed by atoms with Gasteiger partial charge in [0.25, 0.3) is 0 Å². The molecule has 0 bridgehead atoms. The van der Waals surface area contributed by atoms with E-state index in [-0.39, 0.29) is 5.11 Å². The first-order chi connectivity index (χ1) is 10.6. The molecule has 0 aliphatic carbocycles. The minimum Gasteiger partial charge on any atom is -0.299 e. The summed E-state index contributed by atoms with van der Waals surface area (Å²) >= 11 is 5.10. The van der Waals surface area contributed by atoms with Gasteiger partial charge in [-0.2, -0.15) is 0 Å². The Kier molecular flexibility index (Phi) is 6.03. The summed E-state index contributed by atoms with van der Waals surface area (Å²) in [7, 11) is 0. The first-order valence-electron chi connectivity index (χ1n) is 7.25. The summed E-state index contributed by atoms with van der Waals surface area (Å²) in [6.45, 7) is 4.42. The number of nitrogens with zero attached hydrogens (tertiary/aromatic N) is 2. The maximum Gasteiger partial charge on any atom is 0.232 e. The fourth-order valence-electron chi connectivity index (χ4n) is 1.94. The molecule has 0 heterocycles. The number of hydrogen-bond donors (Lipinski definition) is 2. The van der Waals surface area contributed by atoms with Gasteiger partial charge >= 0.3 is 0 Å². The maximum atomic E-state index is 5.10. The maximum absolute atomic E-state index is 5.10. The van der Waals surface area contributed by atoms with Gasteiger partial charge in [-0.25, -0.2) is 0 Å². The van der Waals surface area contributed by atoms with Crippen LogP contribution in [0.25, 0.3) is 0 Å². The minimum atomic E-state index is 0.287. The molecular weight excluding hydrogens is 292 g/mol. The van der Waals surface area contributed by atoms with E-state index in [1.165, 1.54) is 5.56 Å². The van der Waals surface area contributed by atoms with Crippen LogP contribution in [0.3, 0.4) is 0 Å². The van der Waals surface area contributed by atoms with E-state index in [1.807, 2.05) is 42.5 Å². The molecule has 0 saturated heterocycles. The molecule has 0 atom stereocenters. The highest BCUT2D eigenvalue weighted by Crippen LogP contribution is 2.13. The first-order valence-corrected chi connectivity index (χ1v) is 7.66. The lowest BCUT2D eigenvalue weighted by Crippen LogP contribution is -2.25. The van der Waals surface area contributed by atoms with Gasteiger partial charge in [-0.3, -0.25) is 10.9 Å². The first kappa shape index (κ1) is 16.1. The molecule has 114 valence electrons. The van der Waals surface area contributed by atoms with Gasteiger partial charge in [-0.15, -0.1) is 10.2 Å². The zero-order valence-electron chi connectivity index (χ0n) is 12.8. The Morgan fingerprint density at radius 2 is 1.73 bits per heavy atom. The van der Waals surface area contributed by atoms with Gasteiger partial charge < -0.3 is 0 Å². The van der Waals surface area contributed by atoms with Crippen molar-refractivity contribution in [3.05, 3.63) is 60.2 Å². The predicted octanol–water partition coefficient (Wildman–Crippen LogP) is 4.87. The third kappa shape index (κ3) is 5.61. The molecule has 0 amide bonds. The molecule has 2 rings (SSSR count). The van der Waals surface area contributed by atoms with Crippen molar-refractivity contribution in [1.82, 2.24) is 5.43 Å². The zero-order chi connectivity index (χ0) is 15.8. The Labute approximate surface area is 136 Å². The van der Waals surface area contributed by atoms with E-state index in [2.05, 4.69) is 47.1 Å². The third-order valence-corrected chi connectivity index (χ3v) is 3.11. The second kappa shape index (κ2) is 8.24. The summed E-state index contributed by atoms with van der Waals surface area (Å²) in [6, 6.07) is 17.7. The Hall–Kier alpha value is -2.27. The van der Waals surface area contributed by atoms with Crippen LogP contribution in [0.1, 0.15) is 19.4 Å². The van der Waals surface area contributed by atoms with Gasteiger partial charge in [0.1, 0.15) is 0 Å². The van der Waals surface area contributed by atoms with Crippen LogP contribution in [0.15, 0.2) is 64.8 Å². The molecule has 0 aromatic heterocycles. The van der Waals surface area contributed by atoms with Crippen LogP contribution in [0, 0.1) is 5.92 Å². The van der Waals surface area contributed by atoms with Gasteiger partial charge in [0.05, 0.1) is 11.4 Å². The number of anilines is 1. The molecule has 2 aromatic carbocycles. The van der Waals surface area contributed by atoms with Crippen molar-refractivity contribution in [2.45, 2.75) is 20.3 Å². The Bertz CT molecular complexity index is 621. The summed E-state index contributed by atoms with van der Waals surface area (Å²) < 4.78 is 0. The average Bonchev–Trinajstić information content (AvgIpc) is 2.53. The number of hydrazine groups is 1. The number of rotatable bonds is 5. The quantitative estimate of drug-likeness (QED) is 0.470. The van der Waals surface area contributed by atoms with Crippen molar-refractivity contribution >= 4 is 28.7 Å². The molecule has 0 aliphatic heterocycles. The van der Waals surface area contributed by atoms with Crippen molar-refractivity contribution in [2.24, 2.45) is 16.1 Å². The van der Waals surface area contributed by atoms with Crippen molar-refractivity contribution in [3.8, 4) is 0 Å². The van der Waals surface area contributed by atoms with E-state index in [0.717, 1.165) is 17.8 Å². The summed E-state index contributed by atoms with van der Waals surface area (Å²) in [5, 5.41) is 8.28. The third-order valence-electron chi connectivity index (χ3n) is 2.92. The molecule has 0 spiro atoms. The van der Waals surface area contributed by atoms with Crippen molar-refractivity contribution in [1.29, 1.82) is 0 Å². The Morgan fingerprint density at radius 3 is 2.36 bits per heavy atom. The lowest BCUT2D eigenvalue weighted by atomic mass is 10.0. The molecule has 0 unspecified atom stereocenters. The summed E-state index contributed by atoms with van der Waals surface area (Å²) in [6.07, 6.45) is 1.08. The molecule has 0 fully saturated rings. The number of benzene rings is 2. The number of thiocarbonyl (C=S) groups is 1. The molecule has 0 aliphatic rings. The topological polar surface area (TPSA) is 48.8 Å². The van der Waals surface area contributed by atoms with Crippen molar-refractivity contribution in [2.75, 3.05) is 5.43 Å². The van der Waals surface area contributed by atoms with E-state index in [0.29, 0.717) is 5.92 Å². The van der Waals surface area contributed by atoms with Gasteiger partial charge in [0.15, 0.2) is 0 Å². The highest BCUT2D eigenvalue weighted by atomic mass is 32.1. The Balaban J connectivity index is 1.82. The van der Waals surface area contributed by atoms with Crippen LogP contribution >= 0.6 is 12.2 Å². The van der Waals surface area contributed by atoms with Crippen molar-refractivity contribution in [3.63, 3.8) is 0 Å². The molecule has 4 nitrogen and oxygen atoms in total. The second-order valence-electron chi connectivity index (χ2n) is 5.39. The monoisotopic (exact) mass is 312 g/mol. The number of hydrogen-bond acceptors (Lipinski definition) is 3. The van der Waals surface area contributed by atoms with E-state index in [4.69, 9.17) is 12.2 Å². The van der Waals surface area contributed by atoms with Crippen LogP contribution in [-0.4, -0.2) is 5.11 Å². The second-order valence-corrected chi connectivity index (χ2v) is 5.77. The summed E-state index contributed by atoms with van der Waals surface area (Å²) in [5.41, 5.74) is 8.90. The van der Waals surface area contributed by atoms with E-state index in [9.17, 15) is 0 Å². The fraction of sp³-hybridized carbons (Fsp3) is 0.235. The van der Waals surface area contributed by atoms with Gasteiger partial charge in [0, 0.05) is 0 Å². The highest BCUT2D eigenvalue weighted by molar-refractivity contribution is 7.80. The van der Waals surface area contributed by atoms with Gasteiger partial charge in [0.2, 0.25) is 5.11 Å². The molecule has 0 radical (unpaired) electrons. The standard InChI is InChI=1S/C17H20N4S/c1-13(2)12-14-8-10-16(11-9-14)19-21-17(22)20-18-15-6-4-3-5-7-15/h3-11,13,19H,12H2,1-2H3,(H,21,22)/b20-18+. The smallest absolute Gasteiger partial charge is 0.232 e. The normalized spacial score (nSPS) is 10.9. The van der Waals surface area contributed by atoms with Crippen LogP contribution in [0.5, 0.6) is 0 Å². The highest BCUT2D eigenvalue weighted by Gasteiger charge is 1.98. The molecule has 5 heteroatoms. The summed E-state index contributed by atoms with van der Waals surface area (Å²) in [4.78, 5) is 0. The summed E-state index contributed by atoms with van der Waals surface area (Å²) in [5.74, 6) is 0.655. The van der Waals surface area contributed by atoms with E-state index >= 15 is 0 Å². The largest absolute Gasteiger partial charge is 0.299 e. The average molecular weight is 312 g/mol. The number of azo groups is 1. The molecule has 2 N–H and O–H groups in total. The fourth-order valence-corrected chi connectivity index (χ4v) is 2.04. The van der Waals surface area contributed by atoms with Crippen LogP contribution in [0.4, 0.5) is 11.4 Å². The minimum absolute atomic E-state index is 0.287.